The third kappa shape index (κ3) is 40.6. The molecule has 0 aliphatic carbocycles. The van der Waals surface area contributed by atoms with Crippen molar-refractivity contribution >= 4 is 17.7 Å². The minimum Gasteiger partial charge on any atom is -0.427 e. The molecular formula is C60H108O5. The maximum absolute atomic E-state index is 13.6. The lowest BCUT2D eigenvalue weighted by atomic mass is 10.0. The van der Waals surface area contributed by atoms with Gasteiger partial charge in [0, 0.05) is 19.3 Å². The van der Waals surface area contributed by atoms with Crippen molar-refractivity contribution in [2.75, 3.05) is 0 Å². The van der Waals surface area contributed by atoms with Gasteiger partial charge in [-0.15, -0.1) is 0 Å². The standard InChI is InChI=1S/C60H108O5/c1-4-7-10-13-16-19-22-25-28-31-34-37-40-43-46-49-57(61)56-54-55(64-59(62)50-47-44-41-38-35-32-29-26-23-20-17-14-11-8-5-2)52-53-58(56)65-60(63)51-48-45-42-39-36-33-30-27-24-21-18-15-12-9-6-3/h52-54H,4-51H2,1-3H3. The lowest BCUT2D eigenvalue weighted by molar-refractivity contribution is -0.135. The first kappa shape index (κ1) is 60.8. The Morgan fingerprint density at radius 1 is 0.308 bits per heavy atom. The van der Waals surface area contributed by atoms with Gasteiger partial charge in [0.15, 0.2) is 5.78 Å². The number of hydrogen-bond acceptors (Lipinski definition) is 5. The second-order valence-electron chi connectivity index (χ2n) is 20.1. The number of hydrogen-bond donors (Lipinski definition) is 0. The van der Waals surface area contributed by atoms with Crippen molar-refractivity contribution in [1.82, 2.24) is 0 Å². The minimum absolute atomic E-state index is 0.0465. The van der Waals surface area contributed by atoms with Gasteiger partial charge in [0.1, 0.15) is 11.5 Å². The van der Waals surface area contributed by atoms with Crippen LogP contribution in [0.25, 0.3) is 0 Å². The average molecular weight is 910 g/mol. The van der Waals surface area contributed by atoms with Crippen LogP contribution >= 0.6 is 0 Å². The van der Waals surface area contributed by atoms with Crippen LogP contribution < -0.4 is 9.47 Å². The van der Waals surface area contributed by atoms with Gasteiger partial charge in [-0.1, -0.05) is 290 Å². The van der Waals surface area contributed by atoms with E-state index in [2.05, 4.69) is 20.8 Å². The predicted molar refractivity (Wildman–Crippen MR) is 281 cm³/mol. The molecule has 5 heteroatoms. The molecule has 0 aliphatic rings. The quantitative estimate of drug-likeness (QED) is 0.0282. The lowest BCUT2D eigenvalue weighted by Crippen LogP contribution is -2.12. The Hall–Kier alpha value is -2.17. The molecule has 0 heterocycles. The van der Waals surface area contributed by atoms with Gasteiger partial charge < -0.3 is 9.47 Å². The normalized spacial score (nSPS) is 11.4. The smallest absolute Gasteiger partial charge is 0.311 e. The molecule has 0 N–H and O–H groups in total. The zero-order chi connectivity index (χ0) is 46.9. The molecule has 0 unspecified atom stereocenters. The summed E-state index contributed by atoms with van der Waals surface area (Å²) in [5.74, 6) is 0.0500. The van der Waals surface area contributed by atoms with Crippen LogP contribution in [-0.2, 0) is 9.59 Å². The van der Waals surface area contributed by atoms with Crippen LogP contribution in [0.5, 0.6) is 11.5 Å². The van der Waals surface area contributed by atoms with E-state index in [-0.39, 0.29) is 17.7 Å². The van der Waals surface area contributed by atoms with Gasteiger partial charge in [0.05, 0.1) is 5.56 Å². The molecule has 0 spiro atoms. The Bertz CT molecular complexity index is 1210. The van der Waals surface area contributed by atoms with Gasteiger partial charge in [-0.05, 0) is 37.5 Å². The number of benzene rings is 1. The Balaban J connectivity index is 2.44. The van der Waals surface area contributed by atoms with Gasteiger partial charge in [-0.3, -0.25) is 14.4 Å². The molecule has 1 aromatic carbocycles. The van der Waals surface area contributed by atoms with Gasteiger partial charge in [-0.25, -0.2) is 0 Å². The van der Waals surface area contributed by atoms with Crippen molar-refractivity contribution in [2.24, 2.45) is 0 Å². The highest BCUT2D eigenvalue weighted by atomic mass is 16.5. The molecule has 0 fully saturated rings. The first-order valence-electron chi connectivity index (χ1n) is 29.1. The van der Waals surface area contributed by atoms with Crippen LogP contribution in [0.1, 0.15) is 339 Å². The van der Waals surface area contributed by atoms with Crippen LogP contribution in [0.15, 0.2) is 18.2 Å². The SMILES string of the molecule is CCCCCCCCCCCCCCCCCC(=O)Oc1ccc(OC(=O)CCCCCCCCCCCCCCCCC)c(C(=O)CCCCCCCCCCCCCCCCC)c1. The number of carbonyl (C=O) groups is 3. The summed E-state index contributed by atoms with van der Waals surface area (Å²) in [7, 11) is 0. The molecule has 0 saturated carbocycles. The van der Waals surface area contributed by atoms with Gasteiger partial charge >= 0.3 is 11.9 Å². The van der Waals surface area contributed by atoms with E-state index in [1.54, 1.807) is 18.2 Å². The van der Waals surface area contributed by atoms with Crippen molar-refractivity contribution in [2.45, 2.75) is 329 Å². The maximum atomic E-state index is 13.6. The molecule has 0 aromatic heterocycles. The Kier molecular flexibility index (Phi) is 45.2. The molecule has 0 radical (unpaired) electrons. The van der Waals surface area contributed by atoms with E-state index in [1.807, 2.05) is 0 Å². The highest BCUT2D eigenvalue weighted by molar-refractivity contribution is 5.99. The number of esters is 2. The number of carbonyl (C=O) groups excluding carboxylic acids is 3. The topological polar surface area (TPSA) is 69.7 Å². The van der Waals surface area contributed by atoms with Crippen molar-refractivity contribution in [3.05, 3.63) is 23.8 Å². The maximum Gasteiger partial charge on any atom is 0.311 e. The number of ketones is 1. The fourth-order valence-corrected chi connectivity index (χ4v) is 9.31. The van der Waals surface area contributed by atoms with Crippen molar-refractivity contribution in [3.63, 3.8) is 0 Å². The number of ether oxygens (including phenoxy) is 2. The summed E-state index contributed by atoms with van der Waals surface area (Å²) in [5, 5.41) is 0. The van der Waals surface area contributed by atoms with Crippen LogP contribution in [0, 0.1) is 0 Å². The van der Waals surface area contributed by atoms with E-state index in [4.69, 9.17) is 9.47 Å². The molecule has 0 atom stereocenters. The Morgan fingerprint density at radius 2 is 0.554 bits per heavy atom. The molecule has 65 heavy (non-hydrogen) atoms. The second kappa shape index (κ2) is 48.3. The largest absolute Gasteiger partial charge is 0.427 e. The van der Waals surface area contributed by atoms with Crippen LogP contribution in [-0.4, -0.2) is 17.7 Å². The molecule has 0 saturated heterocycles. The predicted octanol–water partition coefficient (Wildman–Crippen LogP) is 20.5. The van der Waals surface area contributed by atoms with E-state index < -0.39 is 0 Å². The summed E-state index contributed by atoms with van der Waals surface area (Å²) in [4.78, 5) is 39.5. The van der Waals surface area contributed by atoms with E-state index in [1.165, 1.54) is 231 Å². The third-order valence-electron chi connectivity index (χ3n) is 13.7. The summed E-state index contributed by atoms with van der Waals surface area (Å²) < 4.78 is 11.6. The van der Waals surface area contributed by atoms with Crippen molar-refractivity contribution in [3.8, 4) is 11.5 Å². The first-order valence-corrected chi connectivity index (χ1v) is 29.1. The molecule has 0 amide bonds. The number of unbranched alkanes of at least 4 members (excludes halogenated alkanes) is 42. The van der Waals surface area contributed by atoms with E-state index in [0.717, 1.165) is 57.8 Å². The molecule has 1 aromatic rings. The van der Waals surface area contributed by atoms with Crippen LogP contribution in [0.2, 0.25) is 0 Å². The van der Waals surface area contributed by atoms with E-state index in [0.29, 0.717) is 36.3 Å². The Labute approximate surface area is 404 Å². The summed E-state index contributed by atoms with van der Waals surface area (Å²) in [6.45, 7) is 6.83. The summed E-state index contributed by atoms with van der Waals surface area (Å²) in [6, 6.07) is 4.96. The van der Waals surface area contributed by atoms with Crippen LogP contribution in [0.3, 0.4) is 0 Å². The molecule has 378 valence electrons. The van der Waals surface area contributed by atoms with E-state index >= 15 is 0 Å². The van der Waals surface area contributed by atoms with E-state index in [9.17, 15) is 14.4 Å². The lowest BCUT2D eigenvalue weighted by Gasteiger charge is -2.12. The third-order valence-corrected chi connectivity index (χ3v) is 13.7. The highest BCUT2D eigenvalue weighted by Gasteiger charge is 2.18. The van der Waals surface area contributed by atoms with Gasteiger partial charge in [-0.2, -0.15) is 0 Å². The minimum atomic E-state index is -0.293. The first-order chi connectivity index (χ1) is 32.0. The second-order valence-corrected chi connectivity index (χ2v) is 20.1. The number of rotatable bonds is 51. The van der Waals surface area contributed by atoms with Crippen molar-refractivity contribution in [1.29, 1.82) is 0 Å². The molecule has 5 nitrogen and oxygen atoms in total. The average Bonchev–Trinajstić information content (AvgIpc) is 3.30. The fourth-order valence-electron chi connectivity index (χ4n) is 9.31. The van der Waals surface area contributed by atoms with Crippen molar-refractivity contribution < 1.29 is 23.9 Å². The highest BCUT2D eigenvalue weighted by Crippen LogP contribution is 2.28. The Morgan fingerprint density at radius 3 is 0.846 bits per heavy atom. The molecular weight excluding hydrogens is 801 g/mol. The molecule has 0 aliphatic heterocycles. The monoisotopic (exact) mass is 909 g/mol. The zero-order valence-corrected chi connectivity index (χ0v) is 43.7. The summed E-state index contributed by atoms with van der Waals surface area (Å²) in [6.07, 6.45) is 58.8. The molecule has 1 rings (SSSR count). The van der Waals surface area contributed by atoms with Crippen LogP contribution in [0.4, 0.5) is 0 Å². The van der Waals surface area contributed by atoms with Gasteiger partial charge in [0.25, 0.3) is 0 Å². The molecule has 0 bridgehead atoms. The zero-order valence-electron chi connectivity index (χ0n) is 43.7. The summed E-state index contributed by atoms with van der Waals surface area (Å²) >= 11 is 0. The number of Topliss-reactive ketones (excluding diaryl/α,β-unsaturated/α-hetero) is 1. The fraction of sp³-hybridized carbons (Fsp3) is 0.850. The van der Waals surface area contributed by atoms with Gasteiger partial charge in [0.2, 0.25) is 0 Å². The summed E-state index contributed by atoms with van der Waals surface area (Å²) in [5.41, 5.74) is 0.359.